The summed E-state index contributed by atoms with van der Waals surface area (Å²) in [5.41, 5.74) is 2.36. The van der Waals surface area contributed by atoms with Gasteiger partial charge in [-0.1, -0.05) is 6.92 Å². The Hall–Kier alpha value is -1.56. The first-order chi connectivity index (χ1) is 8.72. The van der Waals surface area contributed by atoms with Gasteiger partial charge in [-0.2, -0.15) is 5.10 Å². The third-order valence-corrected chi connectivity index (χ3v) is 3.40. The maximum atomic E-state index is 11.7. The molecular weight excluding hydrogens is 232 g/mol. The van der Waals surface area contributed by atoms with Crippen molar-refractivity contribution in [3.63, 3.8) is 0 Å². The smallest absolute Gasteiger partial charge is 0.315 e. The Labute approximate surface area is 106 Å². The average Bonchev–Trinajstić information content (AvgIpc) is 2.83. The predicted octanol–water partition coefficient (Wildman–Crippen LogP) is 0.337. The predicted molar refractivity (Wildman–Crippen MR) is 67.2 cm³/mol. The van der Waals surface area contributed by atoms with E-state index in [0.717, 1.165) is 25.7 Å². The summed E-state index contributed by atoms with van der Waals surface area (Å²) in [6.45, 7) is 1.90. The van der Waals surface area contributed by atoms with Crippen LogP contribution in [0.5, 0.6) is 0 Å². The monoisotopic (exact) mass is 252 g/mol. The van der Waals surface area contributed by atoms with Crippen molar-refractivity contribution in [2.45, 2.75) is 44.7 Å². The number of aromatic amines is 1. The van der Waals surface area contributed by atoms with Crippen molar-refractivity contribution in [2.24, 2.45) is 0 Å². The van der Waals surface area contributed by atoms with Gasteiger partial charge in [0.05, 0.1) is 18.8 Å². The van der Waals surface area contributed by atoms with Gasteiger partial charge in [0, 0.05) is 11.7 Å². The quantitative estimate of drug-likeness (QED) is 0.623. The zero-order valence-electron chi connectivity index (χ0n) is 10.6. The average molecular weight is 252 g/mol. The molecule has 18 heavy (non-hydrogen) atoms. The summed E-state index contributed by atoms with van der Waals surface area (Å²) in [6.07, 6.45) is 5.19. The number of aliphatic hydroxyl groups excluding tert-OH is 1. The zero-order chi connectivity index (χ0) is 13.0. The maximum absolute atomic E-state index is 11.7. The molecule has 1 aliphatic carbocycles. The van der Waals surface area contributed by atoms with Crippen molar-refractivity contribution in [3.8, 4) is 0 Å². The van der Waals surface area contributed by atoms with Gasteiger partial charge in [-0.05, 0) is 31.2 Å². The first-order valence-corrected chi connectivity index (χ1v) is 6.42. The third-order valence-electron chi connectivity index (χ3n) is 3.40. The maximum Gasteiger partial charge on any atom is 0.315 e. The SMILES string of the molecule is CCC(CO)NC(=O)NC1CCc2[nH]ncc2C1. The van der Waals surface area contributed by atoms with E-state index in [1.807, 2.05) is 13.1 Å². The Kier molecular flexibility index (Phi) is 4.19. The van der Waals surface area contributed by atoms with Gasteiger partial charge in [0.15, 0.2) is 0 Å². The van der Waals surface area contributed by atoms with Gasteiger partial charge in [-0.3, -0.25) is 5.10 Å². The van der Waals surface area contributed by atoms with Gasteiger partial charge in [-0.25, -0.2) is 4.79 Å². The van der Waals surface area contributed by atoms with Crippen LogP contribution < -0.4 is 10.6 Å². The number of aryl methyl sites for hydroxylation is 1. The van der Waals surface area contributed by atoms with Crippen LogP contribution in [0.3, 0.4) is 0 Å². The third kappa shape index (κ3) is 3.01. The van der Waals surface area contributed by atoms with Crippen molar-refractivity contribution < 1.29 is 9.90 Å². The lowest BCUT2D eigenvalue weighted by Crippen LogP contribution is -2.48. The first-order valence-electron chi connectivity index (χ1n) is 6.42. The minimum atomic E-state index is -0.201. The molecule has 0 radical (unpaired) electrons. The molecule has 0 spiro atoms. The van der Waals surface area contributed by atoms with E-state index in [2.05, 4.69) is 20.8 Å². The molecule has 6 heteroatoms. The Morgan fingerprint density at radius 1 is 1.72 bits per heavy atom. The van der Waals surface area contributed by atoms with Crippen LogP contribution in [0.25, 0.3) is 0 Å². The molecular formula is C12H20N4O2. The van der Waals surface area contributed by atoms with Crippen molar-refractivity contribution in [1.29, 1.82) is 0 Å². The number of hydrogen-bond donors (Lipinski definition) is 4. The molecule has 2 unspecified atom stereocenters. The van der Waals surface area contributed by atoms with E-state index in [0.29, 0.717) is 0 Å². The number of nitrogens with one attached hydrogen (secondary N) is 3. The molecule has 1 aromatic rings. The van der Waals surface area contributed by atoms with Gasteiger partial charge < -0.3 is 15.7 Å². The second-order valence-electron chi connectivity index (χ2n) is 4.72. The number of carbonyl (C=O) groups excluding carboxylic acids is 1. The number of hydrogen-bond acceptors (Lipinski definition) is 3. The highest BCUT2D eigenvalue weighted by atomic mass is 16.3. The van der Waals surface area contributed by atoms with Gasteiger partial charge in [-0.15, -0.1) is 0 Å². The van der Waals surface area contributed by atoms with Gasteiger partial charge in [0.25, 0.3) is 0 Å². The first kappa shape index (κ1) is 12.9. The fourth-order valence-corrected chi connectivity index (χ4v) is 2.23. The lowest BCUT2D eigenvalue weighted by atomic mass is 9.94. The number of amides is 2. The van der Waals surface area contributed by atoms with Crippen LogP contribution in [0.1, 0.15) is 31.0 Å². The topological polar surface area (TPSA) is 90.0 Å². The molecule has 2 atom stereocenters. The van der Waals surface area contributed by atoms with Crippen LogP contribution in [-0.2, 0) is 12.8 Å². The molecule has 0 saturated heterocycles. The van der Waals surface area contributed by atoms with Crippen LogP contribution >= 0.6 is 0 Å². The van der Waals surface area contributed by atoms with Crippen LogP contribution in [0.15, 0.2) is 6.20 Å². The van der Waals surface area contributed by atoms with Crippen molar-refractivity contribution in [1.82, 2.24) is 20.8 Å². The summed E-state index contributed by atoms with van der Waals surface area (Å²) in [6, 6.07) is -0.225. The summed E-state index contributed by atoms with van der Waals surface area (Å²) >= 11 is 0. The van der Waals surface area contributed by atoms with Gasteiger partial charge in [0.1, 0.15) is 0 Å². The summed E-state index contributed by atoms with van der Waals surface area (Å²) < 4.78 is 0. The molecule has 0 bridgehead atoms. The summed E-state index contributed by atoms with van der Waals surface area (Å²) in [4.78, 5) is 11.7. The van der Waals surface area contributed by atoms with E-state index in [-0.39, 0.29) is 24.7 Å². The second-order valence-corrected chi connectivity index (χ2v) is 4.72. The molecule has 2 amide bonds. The lowest BCUT2D eigenvalue weighted by Gasteiger charge is -2.24. The molecule has 0 saturated carbocycles. The van der Waals surface area contributed by atoms with Crippen molar-refractivity contribution in [2.75, 3.05) is 6.61 Å². The number of carbonyl (C=O) groups is 1. The van der Waals surface area contributed by atoms with Crippen LogP contribution in [0.2, 0.25) is 0 Å². The fraction of sp³-hybridized carbons (Fsp3) is 0.667. The van der Waals surface area contributed by atoms with Crippen LogP contribution in [0.4, 0.5) is 4.79 Å². The Morgan fingerprint density at radius 2 is 2.56 bits per heavy atom. The Balaban J connectivity index is 1.82. The van der Waals surface area contributed by atoms with E-state index in [4.69, 9.17) is 5.11 Å². The molecule has 0 fully saturated rings. The highest BCUT2D eigenvalue weighted by Gasteiger charge is 2.21. The molecule has 1 aromatic heterocycles. The standard InChI is InChI=1S/C12H20N4O2/c1-2-9(7-17)14-12(18)15-10-3-4-11-8(5-10)6-13-16-11/h6,9-10,17H,2-5,7H2,1H3,(H,13,16)(H2,14,15,18). The minimum Gasteiger partial charge on any atom is -0.394 e. The lowest BCUT2D eigenvalue weighted by molar-refractivity contribution is 0.211. The number of rotatable bonds is 4. The second kappa shape index (κ2) is 5.86. The number of H-pyrrole nitrogens is 1. The summed E-state index contributed by atoms with van der Waals surface area (Å²) in [5, 5.41) is 21.7. The molecule has 100 valence electrons. The zero-order valence-corrected chi connectivity index (χ0v) is 10.6. The number of urea groups is 1. The largest absolute Gasteiger partial charge is 0.394 e. The Morgan fingerprint density at radius 3 is 3.28 bits per heavy atom. The molecule has 0 aromatic carbocycles. The highest BCUT2D eigenvalue weighted by molar-refractivity contribution is 5.74. The number of aliphatic hydroxyl groups is 1. The van der Waals surface area contributed by atoms with E-state index >= 15 is 0 Å². The van der Waals surface area contributed by atoms with E-state index in [9.17, 15) is 4.79 Å². The summed E-state index contributed by atoms with van der Waals surface area (Å²) in [7, 11) is 0. The number of aromatic nitrogens is 2. The van der Waals surface area contributed by atoms with E-state index in [1.165, 1.54) is 11.3 Å². The normalized spacial score (nSPS) is 20.0. The molecule has 1 aliphatic rings. The van der Waals surface area contributed by atoms with Crippen LogP contribution in [0, 0.1) is 0 Å². The minimum absolute atomic E-state index is 0.0273. The van der Waals surface area contributed by atoms with Gasteiger partial charge >= 0.3 is 6.03 Å². The van der Waals surface area contributed by atoms with Crippen LogP contribution in [-0.4, -0.2) is 40.0 Å². The molecule has 0 aliphatic heterocycles. The molecule has 2 rings (SSSR count). The number of fused-ring (bicyclic) bond motifs is 1. The van der Waals surface area contributed by atoms with E-state index in [1.54, 1.807) is 0 Å². The molecule has 1 heterocycles. The van der Waals surface area contributed by atoms with Crippen molar-refractivity contribution in [3.05, 3.63) is 17.5 Å². The highest BCUT2D eigenvalue weighted by Crippen LogP contribution is 2.18. The summed E-state index contributed by atoms with van der Waals surface area (Å²) in [5.74, 6) is 0. The van der Waals surface area contributed by atoms with Gasteiger partial charge in [0.2, 0.25) is 0 Å². The Bertz CT molecular complexity index is 401. The van der Waals surface area contributed by atoms with E-state index < -0.39 is 0 Å². The van der Waals surface area contributed by atoms with Crippen molar-refractivity contribution >= 4 is 6.03 Å². The fourth-order valence-electron chi connectivity index (χ4n) is 2.23. The number of nitrogens with zero attached hydrogens (tertiary/aromatic N) is 1. The molecule has 6 nitrogen and oxygen atoms in total. The molecule has 4 N–H and O–H groups in total.